The molecule has 0 fully saturated rings. The Balaban J connectivity index is 2.48. The van der Waals surface area contributed by atoms with Crippen molar-refractivity contribution in [2.75, 3.05) is 0 Å². The van der Waals surface area contributed by atoms with E-state index < -0.39 is 0 Å². The van der Waals surface area contributed by atoms with Gasteiger partial charge in [-0.05, 0) is 36.2 Å². The Morgan fingerprint density at radius 3 is 2.58 bits per heavy atom. The minimum Gasteiger partial charge on any atom is -0.330 e. The molecule has 1 heterocycles. The molecule has 0 saturated heterocycles. The Labute approximate surface area is 121 Å². The smallest absolute Gasteiger partial charge is 0.120 e. The summed E-state index contributed by atoms with van der Waals surface area (Å²) >= 11 is 3.44. The van der Waals surface area contributed by atoms with Crippen LogP contribution < -0.4 is 5.73 Å². The number of nitrogens with two attached hydrogens (primary N) is 1. The normalized spacial score (nSPS) is 13.8. The largest absolute Gasteiger partial charge is 0.330 e. The average molecular weight is 318 g/mol. The quantitative estimate of drug-likeness (QED) is 0.939. The molecule has 0 aliphatic rings. The summed E-state index contributed by atoms with van der Waals surface area (Å²) in [5.41, 5.74) is 8.01. The highest BCUT2D eigenvalue weighted by Crippen LogP contribution is 2.26. The maximum absolute atomic E-state index is 9.18. The molecule has 2 N–H and O–H groups in total. The van der Waals surface area contributed by atoms with Crippen LogP contribution in [0.15, 0.2) is 47.1 Å². The summed E-state index contributed by atoms with van der Waals surface area (Å²) in [7, 11) is 0. The summed E-state index contributed by atoms with van der Waals surface area (Å²) in [6.07, 6.45) is 2.77. The van der Waals surface area contributed by atoms with E-state index in [2.05, 4.69) is 28.9 Å². The van der Waals surface area contributed by atoms with Gasteiger partial charge in [-0.25, -0.2) is 0 Å². The van der Waals surface area contributed by atoms with Crippen molar-refractivity contribution in [1.82, 2.24) is 4.57 Å². The monoisotopic (exact) mass is 317 g/mol. The first kappa shape index (κ1) is 13.9. The van der Waals surface area contributed by atoms with E-state index in [9.17, 15) is 5.26 Å². The Kier molecular flexibility index (Phi) is 4.41. The molecular weight excluding hydrogens is 302 g/mol. The Hall–Kier alpha value is -1.57. The predicted octanol–water partition coefficient (Wildman–Crippen LogP) is 3.45. The van der Waals surface area contributed by atoms with Crippen LogP contribution in [0.2, 0.25) is 0 Å². The predicted molar refractivity (Wildman–Crippen MR) is 79.7 cm³/mol. The van der Waals surface area contributed by atoms with Crippen LogP contribution in [0.5, 0.6) is 0 Å². The van der Waals surface area contributed by atoms with Gasteiger partial charge < -0.3 is 10.3 Å². The molecule has 98 valence electrons. The molecule has 0 saturated carbocycles. The molecule has 0 aliphatic heterocycles. The van der Waals surface area contributed by atoms with Gasteiger partial charge in [-0.2, -0.15) is 5.26 Å². The third-order valence-corrected chi connectivity index (χ3v) is 3.81. The van der Waals surface area contributed by atoms with Gasteiger partial charge in [-0.3, -0.25) is 0 Å². The third kappa shape index (κ3) is 2.89. The molecule has 19 heavy (non-hydrogen) atoms. The zero-order valence-corrected chi connectivity index (χ0v) is 12.3. The number of hydrogen-bond acceptors (Lipinski definition) is 2. The van der Waals surface area contributed by atoms with Gasteiger partial charge in [0.05, 0.1) is 6.04 Å². The third-order valence-electron chi connectivity index (χ3n) is 3.28. The van der Waals surface area contributed by atoms with Crippen LogP contribution >= 0.6 is 15.9 Å². The molecule has 0 radical (unpaired) electrons. The van der Waals surface area contributed by atoms with E-state index in [1.54, 1.807) is 0 Å². The molecule has 0 bridgehead atoms. The highest BCUT2D eigenvalue weighted by atomic mass is 79.9. The van der Waals surface area contributed by atoms with E-state index in [-0.39, 0.29) is 12.1 Å². The summed E-state index contributed by atoms with van der Waals surface area (Å²) in [4.78, 5) is 0. The van der Waals surface area contributed by atoms with Gasteiger partial charge in [0.15, 0.2) is 0 Å². The maximum Gasteiger partial charge on any atom is 0.120 e. The van der Waals surface area contributed by atoms with Crippen LogP contribution in [0.3, 0.4) is 0 Å². The first-order valence-electron chi connectivity index (χ1n) is 6.25. The van der Waals surface area contributed by atoms with Crippen LogP contribution in [0, 0.1) is 11.3 Å². The van der Waals surface area contributed by atoms with Crippen LogP contribution in [0.25, 0.3) is 0 Å². The van der Waals surface area contributed by atoms with Gasteiger partial charge in [-0.15, -0.1) is 0 Å². The number of nitrogens with zero attached hydrogens (tertiary/aromatic N) is 2. The van der Waals surface area contributed by atoms with E-state index >= 15 is 0 Å². The highest BCUT2D eigenvalue weighted by molar-refractivity contribution is 9.10. The molecule has 1 aromatic carbocycles. The molecule has 4 heteroatoms. The summed E-state index contributed by atoms with van der Waals surface area (Å²) in [6.45, 7) is 2.06. The zero-order valence-electron chi connectivity index (χ0n) is 10.8. The molecule has 2 rings (SSSR count). The second kappa shape index (κ2) is 6.05. The second-order valence-corrected chi connectivity index (χ2v) is 5.40. The summed E-state index contributed by atoms with van der Waals surface area (Å²) in [6, 6.07) is 14.0. The van der Waals surface area contributed by atoms with E-state index in [0.717, 1.165) is 16.5 Å². The molecule has 0 spiro atoms. The minimum absolute atomic E-state index is 0.0113. The van der Waals surface area contributed by atoms with E-state index in [4.69, 9.17) is 5.73 Å². The van der Waals surface area contributed by atoms with E-state index in [0.29, 0.717) is 5.69 Å². The number of benzene rings is 1. The van der Waals surface area contributed by atoms with Gasteiger partial charge in [0.2, 0.25) is 0 Å². The first-order chi connectivity index (χ1) is 9.17. The number of rotatable bonds is 4. The second-order valence-electron chi connectivity index (χ2n) is 4.48. The minimum atomic E-state index is -0.0272. The molecule has 2 atom stereocenters. The van der Waals surface area contributed by atoms with Gasteiger partial charge in [0.25, 0.3) is 0 Å². The number of aromatic nitrogens is 1. The summed E-state index contributed by atoms with van der Waals surface area (Å²) in [5, 5.41) is 9.18. The molecule has 3 nitrogen and oxygen atoms in total. The van der Waals surface area contributed by atoms with Crippen molar-refractivity contribution in [3.8, 4) is 6.07 Å². The first-order valence-corrected chi connectivity index (χ1v) is 7.04. The average Bonchev–Trinajstić information content (AvgIpc) is 2.89. The van der Waals surface area contributed by atoms with Crippen molar-refractivity contribution in [2.45, 2.75) is 25.4 Å². The SMILES string of the molecule is CCC(N)C(c1ccc(Br)cc1)n1cccc1C#N. The van der Waals surface area contributed by atoms with Crippen molar-refractivity contribution in [3.63, 3.8) is 0 Å². The Morgan fingerprint density at radius 1 is 1.32 bits per heavy atom. The fraction of sp³-hybridized carbons (Fsp3) is 0.267. The lowest BCUT2D eigenvalue weighted by Gasteiger charge is -2.26. The molecule has 1 aromatic heterocycles. The van der Waals surface area contributed by atoms with Crippen molar-refractivity contribution in [3.05, 3.63) is 58.3 Å². The van der Waals surface area contributed by atoms with Gasteiger partial charge in [-0.1, -0.05) is 35.0 Å². The van der Waals surface area contributed by atoms with Crippen molar-refractivity contribution >= 4 is 15.9 Å². The van der Waals surface area contributed by atoms with E-state index in [1.165, 1.54) is 0 Å². The topological polar surface area (TPSA) is 54.7 Å². The highest BCUT2D eigenvalue weighted by Gasteiger charge is 2.21. The van der Waals surface area contributed by atoms with Crippen molar-refractivity contribution < 1.29 is 0 Å². The fourth-order valence-corrected chi connectivity index (χ4v) is 2.49. The lowest BCUT2D eigenvalue weighted by atomic mass is 9.97. The molecule has 0 aliphatic carbocycles. The Morgan fingerprint density at radius 2 is 2.00 bits per heavy atom. The maximum atomic E-state index is 9.18. The lowest BCUT2D eigenvalue weighted by Crippen LogP contribution is -2.32. The van der Waals surface area contributed by atoms with Gasteiger partial charge in [0.1, 0.15) is 11.8 Å². The zero-order chi connectivity index (χ0) is 13.8. The number of nitriles is 1. The number of hydrogen-bond donors (Lipinski definition) is 1. The lowest BCUT2D eigenvalue weighted by molar-refractivity contribution is 0.457. The van der Waals surface area contributed by atoms with Crippen molar-refractivity contribution in [1.29, 1.82) is 5.26 Å². The van der Waals surface area contributed by atoms with Crippen LogP contribution in [0.4, 0.5) is 0 Å². The van der Waals surface area contributed by atoms with Crippen molar-refractivity contribution in [2.24, 2.45) is 5.73 Å². The summed E-state index contributed by atoms with van der Waals surface area (Å²) < 4.78 is 2.99. The summed E-state index contributed by atoms with van der Waals surface area (Å²) in [5.74, 6) is 0. The standard InChI is InChI=1S/C15H16BrN3/c1-2-14(18)15(11-5-7-12(16)8-6-11)19-9-3-4-13(19)10-17/h3-9,14-15H,2,18H2,1H3. The van der Waals surface area contributed by atoms with Gasteiger partial charge in [0, 0.05) is 16.7 Å². The van der Waals surface area contributed by atoms with Gasteiger partial charge >= 0.3 is 0 Å². The number of halogens is 1. The molecular formula is C15H16BrN3. The van der Waals surface area contributed by atoms with Crippen LogP contribution in [-0.2, 0) is 0 Å². The molecule has 2 aromatic rings. The van der Waals surface area contributed by atoms with Crippen LogP contribution in [-0.4, -0.2) is 10.6 Å². The molecule has 0 amide bonds. The molecule has 2 unspecified atom stereocenters. The fourth-order valence-electron chi connectivity index (χ4n) is 2.23. The van der Waals surface area contributed by atoms with E-state index in [1.807, 2.05) is 47.2 Å². The van der Waals surface area contributed by atoms with Crippen LogP contribution in [0.1, 0.15) is 30.6 Å². The Bertz CT molecular complexity index is 580.